The Morgan fingerprint density at radius 1 is 1.11 bits per heavy atom. The van der Waals surface area contributed by atoms with Crippen LogP contribution in [0.2, 0.25) is 0 Å². The molecule has 1 aliphatic heterocycles. The van der Waals surface area contributed by atoms with Gasteiger partial charge in [-0.05, 0) is 17.5 Å². The van der Waals surface area contributed by atoms with E-state index >= 15 is 0 Å². The monoisotopic (exact) mass is 236 g/mol. The molecule has 4 heteroatoms. The Hall–Kier alpha value is -2.41. The molecule has 0 spiro atoms. The van der Waals surface area contributed by atoms with Gasteiger partial charge in [0.2, 0.25) is 0 Å². The number of hydrogen-bond donors (Lipinski definition) is 0. The minimum absolute atomic E-state index is 0.358. The molecule has 1 aromatic heterocycles. The normalized spacial score (nSPS) is 13.8. The molecule has 18 heavy (non-hydrogen) atoms. The molecule has 0 N–H and O–H groups in total. The first kappa shape index (κ1) is 10.7. The summed E-state index contributed by atoms with van der Waals surface area (Å²) < 4.78 is 0. The number of benzene rings is 1. The molecule has 1 aromatic carbocycles. The van der Waals surface area contributed by atoms with E-state index in [1.165, 1.54) is 17.3 Å². The highest BCUT2D eigenvalue weighted by Gasteiger charge is 2.16. The van der Waals surface area contributed by atoms with Gasteiger partial charge in [-0.1, -0.05) is 24.3 Å². The number of aromatic nitrogens is 2. The summed E-state index contributed by atoms with van der Waals surface area (Å²) in [6.07, 6.45) is 4.22. The van der Waals surface area contributed by atoms with E-state index in [0.717, 1.165) is 25.3 Å². The van der Waals surface area contributed by atoms with Crippen molar-refractivity contribution in [2.45, 2.75) is 13.0 Å². The second-order valence-electron chi connectivity index (χ2n) is 4.31. The molecule has 0 fully saturated rings. The van der Waals surface area contributed by atoms with Crippen LogP contribution in [0.15, 0.2) is 36.7 Å². The lowest BCUT2D eigenvalue weighted by atomic mass is 10.0. The van der Waals surface area contributed by atoms with E-state index in [2.05, 4.69) is 39.1 Å². The Balaban J connectivity index is 1.85. The van der Waals surface area contributed by atoms with Gasteiger partial charge in [-0.3, -0.25) is 0 Å². The fourth-order valence-electron chi connectivity index (χ4n) is 2.23. The van der Waals surface area contributed by atoms with Crippen LogP contribution in [-0.4, -0.2) is 16.5 Å². The van der Waals surface area contributed by atoms with Crippen LogP contribution in [0.1, 0.15) is 16.8 Å². The van der Waals surface area contributed by atoms with Crippen molar-refractivity contribution in [3.05, 3.63) is 53.5 Å². The second kappa shape index (κ2) is 4.46. The minimum atomic E-state index is 0.358. The number of nitrogens with zero attached hydrogens (tertiary/aromatic N) is 4. The first-order valence-corrected chi connectivity index (χ1v) is 5.91. The third kappa shape index (κ3) is 1.91. The summed E-state index contributed by atoms with van der Waals surface area (Å²) in [5, 5.41) is 8.70. The summed E-state index contributed by atoms with van der Waals surface area (Å²) in [6, 6.07) is 10.5. The molecular weight excluding hydrogens is 224 g/mol. The van der Waals surface area contributed by atoms with Crippen LogP contribution in [0.25, 0.3) is 0 Å². The highest BCUT2D eigenvalue weighted by atomic mass is 15.2. The van der Waals surface area contributed by atoms with E-state index in [9.17, 15) is 0 Å². The van der Waals surface area contributed by atoms with Gasteiger partial charge in [0.1, 0.15) is 11.9 Å². The quantitative estimate of drug-likeness (QED) is 0.759. The SMILES string of the molecule is N#Cc1cnc(N2CCc3ccccc3C2)cn1. The molecule has 0 amide bonds. The number of nitriles is 1. The summed E-state index contributed by atoms with van der Waals surface area (Å²) in [4.78, 5) is 10.5. The van der Waals surface area contributed by atoms with Crippen molar-refractivity contribution in [2.75, 3.05) is 11.4 Å². The third-order valence-electron chi connectivity index (χ3n) is 3.21. The number of rotatable bonds is 1. The Bertz CT molecular complexity index is 598. The lowest BCUT2D eigenvalue weighted by Crippen LogP contribution is -2.31. The van der Waals surface area contributed by atoms with Gasteiger partial charge in [-0.25, -0.2) is 9.97 Å². The molecule has 88 valence electrons. The highest BCUT2D eigenvalue weighted by molar-refractivity contribution is 5.43. The van der Waals surface area contributed by atoms with Crippen LogP contribution in [0, 0.1) is 11.3 Å². The molecule has 1 aliphatic rings. The Kier molecular flexibility index (Phi) is 2.66. The number of anilines is 1. The molecule has 0 saturated heterocycles. The van der Waals surface area contributed by atoms with Crippen molar-refractivity contribution < 1.29 is 0 Å². The second-order valence-corrected chi connectivity index (χ2v) is 4.31. The number of hydrogen-bond acceptors (Lipinski definition) is 4. The molecule has 0 bridgehead atoms. The standard InChI is InChI=1S/C14H12N4/c15-7-13-8-17-14(9-16-13)18-6-5-11-3-1-2-4-12(11)10-18/h1-4,8-9H,5-6,10H2. The van der Waals surface area contributed by atoms with E-state index in [1.54, 1.807) is 6.20 Å². The summed E-state index contributed by atoms with van der Waals surface area (Å²) in [5.41, 5.74) is 3.11. The molecule has 0 aliphatic carbocycles. The largest absolute Gasteiger partial charge is 0.351 e. The number of fused-ring (bicyclic) bond motifs is 1. The van der Waals surface area contributed by atoms with Gasteiger partial charge in [0.05, 0.1) is 12.4 Å². The van der Waals surface area contributed by atoms with Crippen LogP contribution in [-0.2, 0) is 13.0 Å². The summed E-state index contributed by atoms with van der Waals surface area (Å²) in [7, 11) is 0. The molecular formula is C14H12N4. The first-order chi connectivity index (χ1) is 8.86. The maximum atomic E-state index is 8.70. The zero-order valence-corrected chi connectivity index (χ0v) is 9.87. The predicted octanol–water partition coefficient (Wildman–Crippen LogP) is 1.91. The van der Waals surface area contributed by atoms with E-state index < -0.39 is 0 Å². The maximum absolute atomic E-state index is 8.70. The van der Waals surface area contributed by atoms with Crippen LogP contribution in [0.4, 0.5) is 5.82 Å². The first-order valence-electron chi connectivity index (χ1n) is 5.91. The summed E-state index contributed by atoms with van der Waals surface area (Å²) in [6.45, 7) is 1.80. The van der Waals surface area contributed by atoms with Crippen LogP contribution < -0.4 is 4.90 Å². The maximum Gasteiger partial charge on any atom is 0.158 e. The third-order valence-corrected chi connectivity index (χ3v) is 3.21. The van der Waals surface area contributed by atoms with Gasteiger partial charge in [0.15, 0.2) is 5.69 Å². The molecule has 0 saturated carbocycles. The predicted molar refractivity (Wildman–Crippen MR) is 67.9 cm³/mol. The van der Waals surface area contributed by atoms with Gasteiger partial charge in [0, 0.05) is 13.1 Å². The smallest absolute Gasteiger partial charge is 0.158 e. The molecule has 2 aromatic rings. The van der Waals surface area contributed by atoms with Gasteiger partial charge < -0.3 is 4.90 Å². The van der Waals surface area contributed by atoms with Gasteiger partial charge >= 0.3 is 0 Å². The van der Waals surface area contributed by atoms with E-state index in [4.69, 9.17) is 5.26 Å². The van der Waals surface area contributed by atoms with Crippen molar-refractivity contribution in [1.82, 2.24) is 9.97 Å². The van der Waals surface area contributed by atoms with Crippen molar-refractivity contribution >= 4 is 5.82 Å². The van der Waals surface area contributed by atoms with Crippen LogP contribution in [0.5, 0.6) is 0 Å². The van der Waals surface area contributed by atoms with Crippen molar-refractivity contribution in [1.29, 1.82) is 5.26 Å². The fraction of sp³-hybridized carbons (Fsp3) is 0.214. The topological polar surface area (TPSA) is 52.8 Å². The van der Waals surface area contributed by atoms with Crippen molar-refractivity contribution in [2.24, 2.45) is 0 Å². The molecule has 0 radical (unpaired) electrons. The average molecular weight is 236 g/mol. The van der Waals surface area contributed by atoms with E-state index in [-0.39, 0.29) is 0 Å². The lowest BCUT2D eigenvalue weighted by Gasteiger charge is -2.29. The zero-order valence-electron chi connectivity index (χ0n) is 9.87. The lowest BCUT2D eigenvalue weighted by molar-refractivity contribution is 0.718. The van der Waals surface area contributed by atoms with Gasteiger partial charge in [-0.15, -0.1) is 0 Å². The zero-order chi connectivity index (χ0) is 12.4. The Morgan fingerprint density at radius 2 is 1.94 bits per heavy atom. The Labute approximate surface area is 106 Å². The molecule has 0 atom stereocenters. The Morgan fingerprint density at radius 3 is 2.67 bits per heavy atom. The van der Waals surface area contributed by atoms with Gasteiger partial charge in [-0.2, -0.15) is 5.26 Å². The summed E-state index contributed by atoms with van der Waals surface area (Å²) >= 11 is 0. The minimum Gasteiger partial charge on any atom is -0.351 e. The van der Waals surface area contributed by atoms with Crippen LogP contribution >= 0.6 is 0 Å². The van der Waals surface area contributed by atoms with Crippen molar-refractivity contribution in [3.8, 4) is 6.07 Å². The summed E-state index contributed by atoms with van der Waals surface area (Å²) in [5.74, 6) is 0.837. The molecule has 3 rings (SSSR count). The van der Waals surface area contributed by atoms with Crippen LogP contribution in [0.3, 0.4) is 0 Å². The van der Waals surface area contributed by atoms with E-state index in [0.29, 0.717) is 5.69 Å². The average Bonchev–Trinajstić information content (AvgIpc) is 2.47. The molecule has 0 unspecified atom stereocenters. The highest BCUT2D eigenvalue weighted by Crippen LogP contribution is 2.22. The molecule has 4 nitrogen and oxygen atoms in total. The van der Waals surface area contributed by atoms with Crippen molar-refractivity contribution in [3.63, 3.8) is 0 Å². The molecule has 2 heterocycles. The fourth-order valence-corrected chi connectivity index (χ4v) is 2.23. The van der Waals surface area contributed by atoms with Gasteiger partial charge in [0.25, 0.3) is 0 Å². The van der Waals surface area contributed by atoms with E-state index in [1.807, 2.05) is 6.07 Å².